The third-order valence-electron chi connectivity index (χ3n) is 11.1. The van der Waals surface area contributed by atoms with Crippen LogP contribution >= 0.6 is 34.0 Å². The average molecular weight is 769 g/mol. The standard InChI is InChI=1S/C49H28N4S3/c1-2-13-27(26-50)48-51-44(42-33-18-7-12-23-40(33)56-49(42)52-48)36-25-28(24-35-29-14-6-10-21-38(29)54-46(35)36)53-37-20-9-5-17-32(37)41-30-15-3-4-16-31(30)47-43(45(41)53)34-19-8-11-22-39(34)55-47/h2-26,50H,1H2/b27-13+,50-26?. The van der Waals surface area contributed by atoms with Gasteiger partial charge in [-0.3, -0.25) is 0 Å². The second-order valence-corrected chi connectivity index (χ2v) is 17.2. The van der Waals surface area contributed by atoms with Crippen molar-refractivity contribution >= 4 is 139 Å². The lowest BCUT2D eigenvalue weighted by Gasteiger charge is -2.14. The number of hydrogen-bond acceptors (Lipinski definition) is 6. The number of allylic oxidation sites excluding steroid dienone is 3. The largest absolute Gasteiger partial charge is 0.308 e. The summed E-state index contributed by atoms with van der Waals surface area (Å²) >= 11 is 5.36. The number of para-hydroxylation sites is 1. The highest BCUT2D eigenvalue weighted by atomic mass is 32.1. The van der Waals surface area contributed by atoms with Crippen molar-refractivity contribution in [2.75, 3.05) is 0 Å². The Morgan fingerprint density at radius 2 is 1.18 bits per heavy atom. The van der Waals surface area contributed by atoms with Crippen LogP contribution in [0.4, 0.5) is 0 Å². The van der Waals surface area contributed by atoms with Gasteiger partial charge in [-0.1, -0.05) is 116 Å². The number of aromatic nitrogens is 3. The van der Waals surface area contributed by atoms with Crippen LogP contribution in [0.15, 0.2) is 152 Å². The van der Waals surface area contributed by atoms with E-state index in [-0.39, 0.29) is 0 Å². The zero-order valence-electron chi connectivity index (χ0n) is 29.7. The molecule has 12 rings (SSSR count). The van der Waals surface area contributed by atoms with E-state index in [1.165, 1.54) is 73.6 Å². The van der Waals surface area contributed by atoms with Gasteiger partial charge in [-0.05, 0) is 41.8 Å². The normalized spacial score (nSPS) is 12.5. The van der Waals surface area contributed by atoms with Gasteiger partial charge < -0.3 is 9.98 Å². The van der Waals surface area contributed by atoms with Crippen molar-refractivity contribution in [3.63, 3.8) is 0 Å². The molecule has 4 nitrogen and oxygen atoms in total. The number of rotatable bonds is 5. The number of hydrogen-bond donors (Lipinski definition) is 1. The molecule has 0 aliphatic carbocycles. The quantitative estimate of drug-likeness (QED) is 0.140. The van der Waals surface area contributed by atoms with E-state index in [9.17, 15) is 0 Å². The molecule has 0 amide bonds. The number of thiophene rings is 3. The van der Waals surface area contributed by atoms with Crippen LogP contribution < -0.4 is 0 Å². The summed E-state index contributed by atoms with van der Waals surface area (Å²) in [5.41, 5.74) is 6.00. The maximum Gasteiger partial charge on any atom is 0.162 e. The summed E-state index contributed by atoms with van der Waals surface area (Å²) in [6.07, 6.45) is 4.84. The van der Waals surface area contributed by atoms with Gasteiger partial charge in [0.1, 0.15) is 4.83 Å². The minimum absolute atomic E-state index is 0.517. The predicted molar refractivity (Wildman–Crippen MR) is 245 cm³/mol. The Hall–Kier alpha value is -6.51. The molecule has 7 heteroatoms. The highest BCUT2D eigenvalue weighted by Crippen LogP contribution is 2.50. The second kappa shape index (κ2) is 12.0. The summed E-state index contributed by atoms with van der Waals surface area (Å²) in [5.74, 6) is 0.517. The molecule has 5 aromatic heterocycles. The van der Waals surface area contributed by atoms with E-state index in [1.54, 1.807) is 17.4 Å². The first-order valence-corrected chi connectivity index (χ1v) is 20.9. The van der Waals surface area contributed by atoms with Gasteiger partial charge in [0.15, 0.2) is 5.82 Å². The van der Waals surface area contributed by atoms with E-state index in [1.807, 2.05) is 28.7 Å². The topological polar surface area (TPSA) is 54.6 Å². The van der Waals surface area contributed by atoms with Gasteiger partial charge >= 0.3 is 0 Å². The highest BCUT2D eigenvalue weighted by molar-refractivity contribution is 7.27. The van der Waals surface area contributed by atoms with Crippen LogP contribution in [0.25, 0.3) is 116 Å². The molecule has 0 atom stereocenters. The first-order chi connectivity index (χ1) is 27.7. The SMILES string of the molecule is C=C/C=C(\C=N)c1nc(-c2cc(-n3c4ccccc4c4c5ccccc5c5sc6ccccc6c5c43)cc3c2sc2ccccc23)c2c(n1)sc1ccccc12. The first-order valence-electron chi connectivity index (χ1n) is 18.4. The third-order valence-corrected chi connectivity index (χ3v) is 14.6. The lowest BCUT2D eigenvalue weighted by molar-refractivity contribution is 1.18. The van der Waals surface area contributed by atoms with Crippen LogP contribution in [-0.2, 0) is 0 Å². The second-order valence-electron chi connectivity index (χ2n) is 14.1. The smallest absolute Gasteiger partial charge is 0.162 e. The fraction of sp³-hybridized carbons (Fsp3) is 0. The number of fused-ring (bicyclic) bond motifs is 16. The Labute approximate surface area is 332 Å². The maximum atomic E-state index is 8.33. The summed E-state index contributed by atoms with van der Waals surface area (Å²) in [7, 11) is 0. The minimum atomic E-state index is 0.517. The number of nitrogens with one attached hydrogen (secondary N) is 1. The van der Waals surface area contributed by atoms with Crippen molar-refractivity contribution in [3.05, 3.63) is 158 Å². The van der Waals surface area contributed by atoms with Crippen molar-refractivity contribution in [1.82, 2.24) is 14.5 Å². The molecule has 0 aliphatic heterocycles. The monoisotopic (exact) mass is 768 g/mol. The van der Waals surface area contributed by atoms with E-state index in [0.717, 1.165) is 42.8 Å². The van der Waals surface area contributed by atoms with Crippen molar-refractivity contribution < 1.29 is 0 Å². The van der Waals surface area contributed by atoms with Crippen LogP contribution in [0.5, 0.6) is 0 Å². The molecular weight excluding hydrogens is 741 g/mol. The molecule has 0 spiro atoms. The summed E-state index contributed by atoms with van der Waals surface area (Å²) in [4.78, 5) is 11.4. The fourth-order valence-electron chi connectivity index (χ4n) is 8.76. The molecule has 262 valence electrons. The Kier molecular flexibility index (Phi) is 6.81. The van der Waals surface area contributed by atoms with Gasteiger partial charge in [-0.2, -0.15) is 0 Å². The molecule has 12 aromatic rings. The third kappa shape index (κ3) is 4.36. The van der Waals surface area contributed by atoms with E-state index in [4.69, 9.17) is 15.4 Å². The van der Waals surface area contributed by atoms with Gasteiger partial charge in [0.25, 0.3) is 0 Å². The van der Waals surface area contributed by atoms with Crippen LogP contribution in [-0.4, -0.2) is 20.7 Å². The Morgan fingerprint density at radius 3 is 1.93 bits per heavy atom. The number of nitrogens with zero attached hydrogens (tertiary/aromatic N) is 3. The highest BCUT2D eigenvalue weighted by Gasteiger charge is 2.25. The summed E-state index contributed by atoms with van der Waals surface area (Å²) in [6.45, 7) is 3.93. The van der Waals surface area contributed by atoms with E-state index in [0.29, 0.717) is 11.4 Å². The molecule has 0 aliphatic rings. The van der Waals surface area contributed by atoms with E-state index >= 15 is 0 Å². The molecule has 0 radical (unpaired) electrons. The molecule has 0 saturated heterocycles. The summed E-state index contributed by atoms with van der Waals surface area (Å²) < 4.78 is 8.67. The predicted octanol–water partition coefficient (Wildman–Crippen LogP) is 14.7. The van der Waals surface area contributed by atoms with Gasteiger partial charge in [0, 0.05) is 95.0 Å². The van der Waals surface area contributed by atoms with Crippen molar-refractivity contribution in [2.45, 2.75) is 0 Å². The van der Waals surface area contributed by atoms with Gasteiger partial charge in [-0.15, -0.1) is 34.0 Å². The van der Waals surface area contributed by atoms with E-state index in [2.05, 4.69) is 145 Å². The molecule has 0 fully saturated rings. The lowest BCUT2D eigenvalue weighted by Crippen LogP contribution is -2.00. The molecule has 0 saturated carbocycles. The molecule has 56 heavy (non-hydrogen) atoms. The Bertz CT molecular complexity index is 3710. The Morgan fingerprint density at radius 1 is 0.571 bits per heavy atom. The maximum absolute atomic E-state index is 8.33. The van der Waals surface area contributed by atoms with E-state index < -0.39 is 0 Å². The van der Waals surface area contributed by atoms with Crippen LogP contribution in [0.2, 0.25) is 0 Å². The first kappa shape index (κ1) is 31.8. The van der Waals surface area contributed by atoms with Crippen molar-refractivity contribution in [2.24, 2.45) is 0 Å². The van der Waals surface area contributed by atoms with Gasteiger partial charge in [0.2, 0.25) is 0 Å². The lowest BCUT2D eigenvalue weighted by atomic mass is 9.99. The molecule has 0 unspecified atom stereocenters. The molecule has 7 aromatic carbocycles. The number of benzene rings is 7. The van der Waals surface area contributed by atoms with Crippen LogP contribution in [0.3, 0.4) is 0 Å². The van der Waals surface area contributed by atoms with Crippen molar-refractivity contribution in [3.8, 4) is 16.9 Å². The zero-order chi connectivity index (χ0) is 37.1. The van der Waals surface area contributed by atoms with Gasteiger partial charge in [0.05, 0.1) is 16.7 Å². The molecule has 1 N–H and O–H groups in total. The van der Waals surface area contributed by atoms with Crippen molar-refractivity contribution in [1.29, 1.82) is 5.41 Å². The summed E-state index contributed by atoms with van der Waals surface area (Å²) in [6, 6.07) is 48.6. The fourth-order valence-corrected chi connectivity index (χ4v) is 12.3. The van der Waals surface area contributed by atoms with Gasteiger partial charge in [-0.25, -0.2) is 9.97 Å². The zero-order valence-corrected chi connectivity index (χ0v) is 32.2. The molecule has 0 bridgehead atoms. The molecule has 5 heterocycles. The van der Waals surface area contributed by atoms with Crippen LogP contribution in [0, 0.1) is 5.41 Å². The van der Waals surface area contributed by atoms with Crippen LogP contribution in [0.1, 0.15) is 5.82 Å². The summed E-state index contributed by atoms with van der Waals surface area (Å²) in [5, 5.41) is 20.5. The Balaban J connectivity index is 1.31. The average Bonchev–Trinajstić information content (AvgIpc) is 4.01. The molecular formula is C49H28N4S3. The minimum Gasteiger partial charge on any atom is -0.308 e.